The Hall–Kier alpha value is -2.96. The molecule has 0 radical (unpaired) electrons. The summed E-state index contributed by atoms with van der Waals surface area (Å²) in [7, 11) is 0. The van der Waals surface area contributed by atoms with Crippen molar-refractivity contribution >= 4 is 11.6 Å². The molecular weight excluding hydrogens is 304 g/mol. The van der Waals surface area contributed by atoms with E-state index in [4.69, 9.17) is 0 Å². The Morgan fingerprint density at radius 3 is 2.48 bits per heavy atom. The van der Waals surface area contributed by atoms with Gasteiger partial charge in [-0.1, -0.05) is 6.08 Å². The van der Waals surface area contributed by atoms with Gasteiger partial charge in [-0.05, 0) is 48.9 Å². The summed E-state index contributed by atoms with van der Waals surface area (Å²) < 4.78 is 28.5. The Morgan fingerprint density at radius 2 is 1.91 bits per heavy atom. The molecule has 1 amide bonds. The van der Waals surface area contributed by atoms with E-state index in [1.54, 1.807) is 43.5 Å². The fraction of sp³-hybridized carbons (Fsp3) is 0.125. The smallest absolute Gasteiger partial charge is 0.387 e. The van der Waals surface area contributed by atoms with Gasteiger partial charge in [0.25, 0.3) is 5.91 Å². The molecule has 0 fully saturated rings. The van der Waals surface area contributed by atoms with E-state index < -0.39 is 6.61 Å². The van der Waals surface area contributed by atoms with E-state index in [0.717, 1.165) is 0 Å². The van der Waals surface area contributed by atoms with Gasteiger partial charge in [-0.2, -0.15) is 8.78 Å². The van der Waals surface area contributed by atoms with Gasteiger partial charge < -0.3 is 4.74 Å². The molecule has 0 atom stereocenters. The summed E-state index contributed by atoms with van der Waals surface area (Å²) >= 11 is 0. The van der Waals surface area contributed by atoms with Crippen molar-refractivity contribution in [3.8, 4) is 5.75 Å². The van der Waals surface area contributed by atoms with Crippen LogP contribution in [0.3, 0.4) is 0 Å². The monoisotopic (exact) mass is 319 g/mol. The minimum absolute atomic E-state index is 0.0681. The zero-order valence-electron chi connectivity index (χ0n) is 12.3. The highest BCUT2D eigenvalue weighted by molar-refractivity contribution is 5.94. The van der Waals surface area contributed by atoms with Gasteiger partial charge in [-0.25, -0.2) is 0 Å². The van der Waals surface area contributed by atoms with Crippen molar-refractivity contribution in [3.05, 3.63) is 66.0 Å². The third kappa shape index (κ3) is 4.77. The number of hydrogen-bond acceptors (Lipinski definition) is 4. The molecule has 0 saturated carbocycles. The number of alkyl halides is 2. The number of halogens is 2. The summed E-state index contributed by atoms with van der Waals surface area (Å²) in [6.07, 6.45) is 4.76. The summed E-state index contributed by atoms with van der Waals surface area (Å²) in [5.74, 6) is -0.270. The van der Waals surface area contributed by atoms with Crippen molar-refractivity contribution in [2.75, 3.05) is 0 Å². The molecule has 1 aromatic heterocycles. The number of nitrogens with one attached hydrogen (secondary N) is 2. The standard InChI is InChI=1S/C16H15F2N3O2/c1-2-14(11-5-7-13(8-6-11)23-16(17)18)20-21-15(22)12-4-3-9-19-10-12/h2-10,16,20H,1H3,(H,21,22). The largest absolute Gasteiger partial charge is 0.435 e. The van der Waals surface area contributed by atoms with Crippen LogP contribution in [0.25, 0.3) is 5.70 Å². The number of rotatable bonds is 6. The second kappa shape index (κ2) is 7.88. The van der Waals surface area contributed by atoms with Gasteiger partial charge in [0.2, 0.25) is 0 Å². The fourth-order valence-electron chi connectivity index (χ4n) is 1.82. The molecule has 23 heavy (non-hydrogen) atoms. The molecule has 0 aliphatic rings. The molecule has 0 saturated heterocycles. The Morgan fingerprint density at radius 1 is 1.17 bits per heavy atom. The number of allylic oxidation sites excluding steroid dienone is 1. The number of carbonyl (C=O) groups is 1. The van der Waals surface area contributed by atoms with E-state index in [1.807, 2.05) is 0 Å². The lowest BCUT2D eigenvalue weighted by Crippen LogP contribution is -2.36. The van der Waals surface area contributed by atoms with E-state index >= 15 is 0 Å². The van der Waals surface area contributed by atoms with Gasteiger partial charge >= 0.3 is 6.61 Å². The minimum Gasteiger partial charge on any atom is -0.435 e. The molecule has 2 aromatic rings. The van der Waals surface area contributed by atoms with Gasteiger partial charge in [0.15, 0.2) is 0 Å². The quantitative estimate of drug-likeness (QED) is 0.804. The first-order valence-corrected chi connectivity index (χ1v) is 6.78. The van der Waals surface area contributed by atoms with E-state index in [-0.39, 0.29) is 11.7 Å². The number of hydrogen-bond donors (Lipinski definition) is 2. The molecular formula is C16H15F2N3O2. The summed E-state index contributed by atoms with van der Waals surface area (Å²) in [6.45, 7) is -1.08. The maximum atomic E-state index is 12.1. The molecule has 1 aromatic carbocycles. The molecule has 0 aliphatic carbocycles. The Labute approximate surface area is 132 Å². The number of benzene rings is 1. The average molecular weight is 319 g/mol. The number of aromatic nitrogens is 1. The van der Waals surface area contributed by atoms with Crippen LogP contribution in [-0.4, -0.2) is 17.5 Å². The first-order chi connectivity index (χ1) is 11.1. The van der Waals surface area contributed by atoms with Crippen LogP contribution >= 0.6 is 0 Å². The molecule has 120 valence electrons. The average Bonchev–Trinajstić information content (AvgIpc) is 2.57. The summed E-state index contributed by atoms with van der Waals surface area (Å²) in [5, 5.41) is 0. The van der Waals surface area contributed by atoms with Crippen molar-refractivity contribution in [2.45, 2.75) is 13.5 Å². The molecule has 7 heteroatoms. The van der Waals surface area contributed by atoms with Crippen LogP contribution in [0, 0.1) is 0 Å². The lowest BCUT2D eigenvalue weighted by atomic mass is 10.1. The van der Waals surface area contributed by atoms with Crippen molar-refractivity contribution in [3.63, 3.8) is 0 Å². The van der Waals surface area contributed by atoms with Gasteiger partial charge in [-0.3, -0.25) is 20.6 Å². The number of nitrogens with zero attached hydrogens (tertiary/aromatic N) is 1. The maximum Gasteiger partial charge on any atom is 0.387 e. The number of pyridine rings is 1. The lowest BCUT2D eigenvalue weighted by molar-refractivity contribution is -0.0498. The molecule has 1 heterocycles. The predicted octanol–water partition coefficient (Wildman–Crippen LogP) is 2.98. The highest BCUT2D eigenvalue weighted by atomic mass is 19.3. The number of carbonyl (C=O) groups excluding carboxylic acids is 1. The third-order valence-electron chi connectivity index (χ3n) is 2.91. The molecule has 2 rings (SSSR count). The van der Waals surface area contributed by atoms with Crippen molar-refractivity contribution < 1.29 is 18.3 Å². The van der Waals surface area contributed by atoms with Crippen molar-refractivity contribution in [2.24, 2.45) is 0 Å². The van der Waals surface area contributed by atoms with Gasteiger partial charge in [0.05, 0.1) is 11.3 Å². The van der Waals surface area contributed by atoms with E-state index in [9.17, 15) is 13.6 Å². The summed E-state index contributed by atoms with van der Waals surface area (Å²) in [6, 6.07) is 9.36. The number of amides is 1. The third-order valence-corrected chi connectivity index (χ3v) is 2.91. The zero-order chi connectivity index (χ0) is 16.7. The molecule has 5 nitrogen and oxygen atoms in total. The van der Waals surface area contributed by atoms with Crippen molar-refractivity contribution in [1.82, 2.24) is 15.8 Å². The van der Waals surface area contributed by atoms with Crippen LogP contribution in [0.2, 0.25) is 0 Å². The van der Waals surface area contributed by atoms with E-state index in [1.165, 1.54) is 18.3 Å². The summed E-state index contributed by atoms with van der Waals surface area (Å²) in [4.78, 5) is 15.8. The number of ether oxygens (including phenoxy) is 1. The molecule has 0 unspecified atom stereocenters. The zero-order valence-corrected chi connectivity index (χ0v) is 12.3. The van der Waals surface area contributed by atoms with Crippen LogP contribution in [0.4, 0.5) is 8.78 Å². The fourth-order valence-corrected chi connectivity index (χ4v) is 1.82. The summed E-state index contributed by atoms with van der Waals surface area (Å²) in [5.41, 5.74) is 7.07. The van der Waals surface area contributed by atoms with Gasteiger partial charge in [0.1, 0.15) is 5.75 Å². The van der Waals surface area contributed by atoms with Crippen LogP contribution in [0.1, 0.15) is 22.8 Å². The lowest BCUT2D eigenvalue weighted by Gasteiger charge is -2.13. The maximum absolute atomic E-state index is 12.1. The molecule has 0 bridgehead atoms. The van der Waals surface area contributed by atoms with E-state index in [2.05, 4.69) is 20.6 Å². The highest BCUT2D eigenvalue weighted by Crippen LogP contribution is 2.18. The second-order valence-corrected chi connectivity index (χ2v) is 4.43. The van der Waals surface area contributed by atoms with Gasteiger partial charge in [-0.15, -0.1) is 0 Å². The van der Waals surface area contributed by atoms with Crippen LogP contribution in [0.5, 0.6) is 5.75 Å². The Balaban J connectivity index is 1.99. The Bertz CT molecular complexity index is 673. The molecule has 2 N–H and O–H groups in total. The first-order valence-electron chi connectivity index (χ1n) is 6.78. The minimum atomic E-state index is -2.86. The van der Waals surface area contributed by atoms with Crippen molar-refractivity contribution in [1.29, 1.82) is 0 Å². The van der Waals surface area contributed by atoms with Crippen LogP contribution < -0.4 is 15.6 Å². The highest BCUT2D eigenvalue weighted by Gasteiger charge is 2.08. The van der Waals surface area contributed by atoms with Gasteiger partial charge in [0, 0.05) is 12.4 Å². The van der Waals surface area contributed by atoms with Crippen LogP contribution in [0.15, 0.2) is 54.9 Å². The normalized spacial score (nSPS) is 11.2. The second-order valence-electron chi connectivity index (χ2n) is 4.43. The molecule has 0 spiro atoms. The number of hydrazine groups is 1. The van der Waals surface area contributed by atoms with E-state index in [0.29, 0.717) is 16.8 Å². The van der Waals surface area contributed by atoms with Crippen LogP contribution in [-0.2, 0) is 0 Å². The molecule has 0 aliphatic heterocycles. The first kappa shape index (κ1) is 16.4. The predicted molar refractivity (Wildman–Crippen MR) is 81.6 cm³/mol. The topological polar surface area (TPSA) is 63.2 Å². The Kier molecular flexibility index (Phi) is 5.62. The SMILES string of the molecule is CC=C(NNC(=O)c1cccnc1)c1ccc(OC(F)F)cc1.